The summed E-state index contributed by atoms with van der Waals surface area (Å²) in [6, 6.07) is 25.7. The van der Waals surface area contributed by atoms with Gasteiger partial charge in [0.15, 0.2) is 0 Å². The zero-order valence-electron chi connectivity index (χ0n) is 16.7. The highest BCUT2D eigenvalue weighted by atomic mass is 16.2. The molecule has 0 saturated carbocycles. The summed E-state index contributed by atoms with van der Waals surface area (Å²) >= 11 is 0. The summed E-state index contributed by atoms with van der Waals surface area (Å²) in [4.78, 5) is 34.9. The van der Waals surface area contributed by atoms with E-state index in [2.05, 4.69) is 15.3 Å². The molecule has 0 saturated heterocycles. The average Bonchev–Trinajstić information content (AvgIpc) is 2.80. The third kappa shape index (κ3) is 3.44. The summed E-state index contributed by atoms with van der Waals surface area (Å²) in [7, 11) is 0. The molecule has 0 bridgehead atoms. The first-order chi connectivity index (χ1) is 15.1. The van der Waals surface area contributed by atoms with Crippen LogP contribution < -0.4 is 10.9 Å². The summed E-state index contributed by atoms with van der Waals surface area (Å²) in [6.07, 6.45) is 0. The first-order valence-corrected chi connectivity index (χ1v) is 9.86. The van der Waals surface area contributed by atoms with Crippen molar-refractivity contribution in [3.8, 4) is 5.69 Å². The second-order valence-electron chi connectivity index (χ2n) is 7.21. The molecule has 2 heterocycles. The van der Waals surface area contributed by atoms with Gasteiger partial charge in [-0.25, -0.2) is 9.97 Å². The summed E-state index contributed by atoms with van der Waals surface area (Å²) in [5, 5.41) is 4.23. The molecule has 0 aliphatic carbocycles. The van der Waals surface area contributed by atoms with Gasteiger partial charge < -0.3 is 5.32 Å². The Bertz CT molecular complexity index is 1510. The first kappa shape index (κ1) is 18.7. The molecule has 0 atom stereocenters. The lowest BCUT2D eigenvalue weighted by atomic mass is 10.2. The number of pyridine rings is 1. The highest BCUT2D eigenvalue weighted by Crippen LogP contribution is 2.18. The molecule has 0 radical (unpaired) electrons. The molecule has 1 N–H and O–H groups in total. The molecular weight excluding hydrogens is 388 g/mol. The van der Waals surface area contributed by atoms with Crippen LogP contribution in [0.2, 0.25) is 0 Å². The van der Waals surface area contributed by atoms with Crippen LogP contribution in [0.1, 0.15) is 16.3 Å². The molecule has 5 aromatic rings. The third-order valence-electron chi connectivity index (χ3n) is 5.14. The van der Waals surface area contributed by atoms with Gasteiger partial charge >= 0.3 is 0 Å². The monoisotopic (exact) mass is 406 g/mol. The highest BCUT2D eigenvalue weighted by Gasteiger charge is 2.13. The van der Waals surface area contributed by atoms with Crippen molar-refractivity contribution in [3.63, 3.8) is 0 Å². The van der Waals surface area contributed by atoms with E-state index in [4.69, 9.17) is 0 Å². The number of hydrogen-bond acceptors (Lipinski definition) is 4. The van der Waals surface area contributed by atoms with Crippen LogP contribution in [0.4, 0.5) is 5.69 Å². The van der Waals surface area contributed by atoms with Crippen molar-refractivity contribution in [1.29, 1.82) is 0 Å². The largest absolute Gasteiger partial charge is 0.321 e. The fourth-order valence-corrected chi connectivity index (χ4v) is 3.64. The van der Waals surface area contributed by atoms with Crippen LogP contribution in [-0.2, 0) is 0 Å². The van der Waals surface area contributed by atoms with Gasteiger partial charge in [0, 0.05) is 11.1 Å². The molecule has 0 spiro atoms. The van der Waals surface area contributed by atoms with Crippen LogP contribution in [0.25, 0.3) is 27.5 Å². The molecule has 0 aliphatic heterocycles. The zero-order valence-corrected chi connectivity index (χ0v) is 16.7. The molecule has 3 aromatic carbocycles. The van der Waals surface area contributed by atoms with Crippen molar-refractivity contribution in [2.75, 3.05) is 5.32 Å². The predicted molar refractivity (Wildman–Crippen MR) is 122 cm³/mol. The van der Waals surface area contributed by atoms with E-state index in [0.717, 1.165) is 16.6 Å². The Kier molecular flexibility index (Phi) is 4.52. The average molecular weight is 406 g/mol. The minimum Gasteiger partial charge on any atom is -0.321 e. The number of para-hydroxylation sites is 2. The van der Waals surface area contributed by atoms with E-state index in [1.165, 1.54) is 0 Å². The van der Waals surface area contributed by atoms with Gasteiger partial charge in [-0.1, -0.05) is 42.5 Å². The number of nitrogens with one attached hydrogen (secondary N) is 1. The fourth-order valence-electron chi connectivity index (χ4n) is 3.64. The van der Waals surface area contributed by atoms with Gasteiger partial charge in [0.1, 0.15) is 11.5 Å². The maximum absolute atomic E-state index is 13.2. The van der Waals surface area contributed by atoms with Gasteiger partial charge in [-0.3, -0.25) is 14.2 Å². The fraction of sp³-hybridized carbons (Fsp3) is 0.0400. The number of rotatable bonds is 3. The van der Waals surface area contributed by atoms with Gasteiger partial charge in [0.05, 0.1) is 22.1 Å². The quantitative estimate of drug-likeness (QED) is 0.479. The number of nitrogens with zero attached hydrogens (tertiary/aromatic N) is 3. The van der Waals surface area contributed by atoms with Crippen LogP contribution in [0.5, 0.6) is 0 Å². The Labute approximate surface area is 177 Å². The van der Waals surface area contributed by atoms with Gasteiger partial charge in [-0.2, -0.15) is 0 Å². The number of carbonyl (C=O) groups is 1. The highest BCUT2D eigenvalue weighted by molar-refractivity contribution is 6.04. The second kappa shape index (κ2) is 7.50. The topological polar surface area (TPSA) is 76.9 Å². The van der Waals surface area contributed by atoms with Crippen molar-refractivity contribution < 1.29 is 4.79 Å². The smallest absolute Gasteiger partial charge is 0.274 e. The molecular formula is C25H18N4O2. The van der Waals surface area contributed by atoms with Crippen LogP contribution in [0, 0.1) is 6.92 Å². The molecule has 6 heteroatoms. The van der Waals surface area contributed by atoms with E-state index in [0.29, 0.717) is 28.1 Å². The standard InChI is InChI=1S/C25H18N4O2/c1-16-26-22-14-12-18(15-20(22)25(31)29(16)19-8-3-2-4-9-19)27-24(30)23-13-11-17-7-5-6-10-21(17)28-23/h2-15H,1H3,(H,27,30). The lowest BCUT2D eigenvalue weighted by Crippen LogP contribution is -2.22. The second-order valence-corrected chi connectivity index (χ2v) is 7.21. The number of carbonyl (C=O) groups excluding carboxylic acids is 1. The van der Waals surface area contributed by atoms with E-state index < -0.39 is 0 Å². The van der Waals surface area contributed by atoms with E-state index in [9.17, 15) is 9.59 Å². The number of aromatic nitrogens is 3. The molecule has 31 heavy (non-hydrogen) atoms. The maximum atomic E-state index is 13.2. The molecule has 2 aromatic heterocycles. The van der Waals surface area contributed by atoms with Crippen molar-refractivity contribution in [3.05, 3.63) is 107 Å². The van der Waals surface area contributed by atoms with Crippen molar-refractivity contribution >= 4 is 33.4 Å². The van der Waals surface area contributed by atoms with E-state index in [-0.39, 0.29) is 11.5 Å². The number of anilines is 1. The molecule has 150 valence electrons. The Morgan fingerprint density at radius 1 is 0.839 bits per heavy atom. The number of amides is 1. The third-order valence-corrected chi connectivity index (χ3v) is 5.14. The Morgan fingerprint density at radius 3 is 2.45 bits per heavy atom. The number of benzene rings is 3. The molecule has 5 rings (SSSR count). The molecule has 0 unspecified atom stereocenters. The van der Waals surface area contributed by atoms with Crippen molar-refractivity contribution in [2.24, 2.45) is 0 Å². The normalized spacial score (nSPS) is 11.0. The van der Waals surface area contributed by atoms with Crippen molar-refractivity contribution in [1.82, 2.24) is 14.5 Å². The summed E-state index contributed by atoms with van der Waals surface area (Å²) < 4.78 is 1.57. The molecule has 0 fully saturated rings. The Hall–Kier alpha value is -4.32. The van der Waals surface area contributed by atoms with Crippen molar-refractivity contribution in [2.45, 2.75) is 6.92 Å². The Morgan fingerprint density at radius 2 is 1.61 bits per heavy atom. The van der Waals surface area contributed by atoms with E-state index >= 15 is 0 Å². The van der Waals surface area contributed by atoms with E-state index in [1.807, 2.05) is 60.7 Å². The van der Waals surface area contributed by atoms with Crippen LogP contribution in [0.15, 0.2) is 89.7 Å². The SMILES string of the molecule is Cc1nc2ccc(NC(=O)c3ccc4ccccc4n3)cc2c(=O)n1-c1ccccc1. The zero-order chi connectivity index (χ0) is 21.4. The van der Waals surface area contributed by atoms with Crippen LogP contribution in [0.3, 0.4) is 0 Å². The van der Waals surface area contributed by atoms with E-state index in [1.54, 1.807) is 35.8 Å². The van der Waals surface area contributed by atoms with Crippen LogP contribution in [-0.4, -0.2) is 20.4 Å². The van der Waals surface area contributed by atoms with Gasteiger partial charge in [-0.15, -0.1) is 0 Å². The number of aryl methyl sites for hydroxylation is 1. The lowest BCUT2D eigenvalue weighted by Gasteiger charge is -2.12. The number of hydrogen-bond donors (Lipinski definition) is 1. The predicted octanol–water partition coefficient (Wildman–Crippen LogP) is 4.49. The lowest BCUT2D eigenvalue weighted by molar-refractivity contribution is 0.102. The van der Waals surface area contributed by atoms with Gasteiger partial charge in [0.2, 0.25) is 0 Å². The molecule has 1 amide bonds. The van der Waals surface area contributed by atoms with Crippen LogP contribution >= 0.6 is 0 Å². The maximum Gasteiger partial charge on any atom is 0.274 e. The molecule has 0 aliphatic rings. The van der Waals surface area contributed by atoms with Gasteiger partial charge in [-0.05, 0) is 49.4 Å². The summed E-state index contributed by atoms with van der Waals surface area (Å²) in [6.45, 7) is 1.80. The summed E-state index contributed by atoms with van der Waals surface area (Å²) in [5.41, 5.74) is 2.70. The number of fused-ring (bicyclic) bond motifs is 2. The van der Waals surface area contributed by atoms with Gasteiger partial charge in [0.25, 0.3) is 11.5 Å². The summed E-state index contributed by atoms with van der Waals surface area (Å²) in [5.74, 6) is 0.259. The Balaban J connectivity index is 1.53. The molecule has 6 nitrogen and oxygen atoms in total. The minimum absolute atomic E-state index is 0.186. The minimum atomic E-state index is -0.339. The first-order valence-electron chi connectivity index (χ1n) is 9.86.